The third-order valence-electron chi connectivity index (χ3n) is 3.66. The Kier molecular flexibility index (Phi) is 4.50. The molecule has 0 aliphatic rings. The van der Waals surface area contributed by atoms with Gasteiger partial charge in [0.05, 0.1) is 22.1 Å². The number of nitrogens with one attached hydrogen (secondary N) is 1. The minimum absolute atomic E-state index is 0.186. The van der Waals surface area contributed by atoms with Crippen molar-refractivity contribution in [3.05, 3.63) is 33.9 Å². The van der Waals surface area contributed by atoms with Crippen LogP contribution in [0.3, 0.4) is 0 Å². The van der Waals surface area contributed by atoms with Crippen molar-refractivity contribution in [2.24, 2.45) is 14.1 Å². The number of aryl methyl sites for hydroxylation is 4. The van der Waals surface area contributed by atoms with Crippen LogP contribution in [0.15, 0.2) is 6.20 Å². The molecule has 0 aliphatic heterocycles. The highest BCUT2D eigenvalue weighted by Gasteiger charge is 2.21. The Morgan fingerprint density at radius 1 is 1.35 bits per heavy atom. The molecule has 2 rings (SSSR count). The van der Waals surface area contributed by atoms with Crippen molar-refractivity contribution >= 4 is 11.6 Å². The third-order valence-corrected chi connectivity index (χ3v) is 4.15. The molecule has 0 aliphatic carbocycles. The summed E-state index contributed by atoms with van der Waals surface area (Å²) < 4.78 is 3.73. The molecule has 1 atom stereocenters. The lowest BCUT2D eigenvalue weighted by atomic mass is 10.0. The molecule has 0 radical (unpaired) electrons. The summed E-state index contributed by atoms with van der Waals surface area (Å²) in [6, 6.07) is 0.186. The Morgan fingerprint density at radius 3 is 2.55 bits per heavy atom. The van der Waals surface area contributed by atoms with Crippen LogP contribution in [0.4, 0.5) is 0 Å². The normalized spacial score (nSPS) is 12.9. The topological polar surface area (TPSA) is 47.7 Å². The van der Waals surface area contributed by atoms with Crippen LogP contribution in [-0.4, -0.2) is 26.6 Å². The number of rotatable bonds is 5. The Bertz CT molecular complexity index is 599. The molecule has 0 aromatic carbocycles. The van der Waals surface area contributed by atoms with Gasteiger partial charge in [-0.25, -0.2) is 0 Å². The van der Waals surface area contributed by atoms with Gasteiger partial charge < -0.3 is 5.32 Å². The lowest BCUT2D eigenvalue weighted by Crippen LogP contribution is -2.21. The molecule has 2 heterocycles. The van der Waals surface area contributed by atoms with Crippen molar-refractivity contribution < 1.29 is 0 Å². The van der Waals surface area contributed by atoms with Crippen LogP contribution in [0.5, 0.6) is 0 Å². The molecule has 1 N–H and O–H groups in total. The molecule has 0 saturated heterocycles. The molecule has 2 aromatic heterocycles. The lowest BCUT2D eigenvalue weighted by molar-refractivity contribution is 0.557. The van der Waals surface area contributed by atoms with Crippen LogP contribution in [0, 0.1) is 6.92 Å². The number of hydrogen-bond acceptors (Lipinski definition) is 3. The van der Waals surface area contributed by atoms with Gasteiger partial charge >= 0.3 is 0 Å². The standard InChI is InChI=1S/C14H22ClN5/c1-6-11-10(8-19(4)18-11)12(16-3)7-13-14(15)9(2)17-20(13)5/h8,12,16H,6-7H2,1-5H3. The fourth-order valence-corrected chi connectivity index (χ4v) is 2.82. The molecule has 20 heavy (non-hydrogen) atoms. The molecule has 0 saturated carbocycles. The molecule has 2 aromatic rings. The van der Waals surface area contributed by atoms with E-state index in [0.717, 1.165) is 34.9 Å². The third kappa shape index (κ3) is 2.74. The second kappa shape index (κ2) is 5.97. The second-order valence-corrected chi connectivity index (χ2v) is 5.45. The Morgan fingerprint density at radius 2 is 2.05 bits per heavy atom. The van der Waals surface area contributed by atoms with Crippen molar-refractivity contribution in [3.8, 4) is 0 Å². The van der Waals surface area contributed by atoms with Crippen LogP contribution >= 0.6 is 11.6 Å². The van der Waals surface area contributed by atoms with Gasteiger partial charge in [0, 0.05) is 38.3 Å². The van der Waals surface area contributed by atoms with Crippen molar-refractivity contribution in [1.82, 2.24) is 24.9 Å². The predicted molar refractivity (Wildman–Crippen MR) is 81.0 cm³/mol. The number of likely N-dealkylation sites (N-methyl/N-ethyl adjacent to an activating group) is 1. The van der Waals surface area contributed by atoms with Crippen molar-refractivity contribution in [3.63, 3.8) is 0 Å². The SMILES string of the molecule is CCc1nn(C)cc1C(Cc1c(Cl)c(C)nn1C)NC. The molecular weight excluding hydrogens is 274 g/mol. The van der Waals surface area contributed by atoms with Crippen LogP contribution in [0.1, 0.15) is 35.6 Å². The molecule has 6 heteroatoms. The summed E-state index contributed by atoms with van der Waals surface area (Å²) >= 11 is 6.35. The minimum atomic E-state index is 0.186. The second-order valence-electron chi connectivity index (χ2n) is 5.07. The first kappa shape index (κ1) is 15.1. The van der Waals surface area contributed by atoms with E-state index in [9.17, 15) is 0 Å². The molecule has 0 spiro atoms. The van der Waals surface area contributed by atoms with Gasteiger partial charge in [0.1, 0.15) is 0 Å². The molecule has 110 valence electrons. The molecule has 0 amide bonds. The van der Waals surface area contributed by atoms with E-state index in [1.54, 1.807) is 0 Å². The monoisotopic (exact) mass is 295 g/mol. The van der Waals surface area contributed by atoms with Gasteiger partial charge in [-0.1, -0.05) is 18.5 Å². The van der Waals surface area contributed by atoms with E-state index in [-0.39, 0.29) is 6.04 Å². The zero-order valence-electron chi connectivity index (χ0n) is 12.7. The smallest absolute Gasteiger partial charge is 0.0847 e. The van der Waals surface area contributed by atoms with E-state index in [0.29, 0.717) is 0 Å². The van der Waals surface area contributed by atoms with Gasteiger partial charge in [-0.2, -0.15) is 10.2 Å². The van der Waals surface area contributed by atoms with Crippen LogP contribution < -0.4 is 5.32 Å². The summed E-state index contributed by atoms with van der Waals surface area (Å²) in [7, 11) is 5.86. The van der Waals surface area contributed by atoms with Gasteiger partial charge in [0.25, 0.3) is 0 Å². The number of halogens is 1. The predicted octanol–water partition coefficient (Wildman–Crippen LogP) is 2.18. The highest BCUT2D eigenvalue weighted by atomic mass is 35.5. The minimum Gasteiger partial charge on any atom is -0.313 e. The molecule has 0 fully saturated rings. The fourth-order valence-electron chi connectivity index (χ4n) is 2.58. The Hall–Kier alpha value is -1.33. The molecular formula is C14H22ClN5. The van der Waals surface area contributed by atoms with Crippen molar-refractivity contribution in [2.45, 2.75) is 32.7 Å². The van der Waals surface area contributed by atoms with Gasteiger partial charge in [-0.15, -0.1) is 0 Å². The molecule has 5 nitrogen and oxygen atoms in total. The van der Waals surface area contributed by atoms with Crippen LogP contribution in [-0.2, 0) is 26.9 Å². The quantitative estimate of drug-likeness (QED) is 0.920. The first-order valence-electron chi connectivity index (χ1n) is 6.85. The zero-order chi connectivity index (χ0) is 14.9. The van der Waals surface area contributed by atoms with E-state index in [1.165, 1.54) is 5.56 Å². The maximum absolute atomic E-state index is 6.35. The maximum atomic E-state index is 6.35. The zero-order valence-corrected chi connectivity index (χ0v) is 13.5. The first-order valence-corrected chi connectivity index (χ1v) is 7.23. The fraction of sp³-hybridized carbons (Fsp3) is 0.571. The highest BCUT2D eigenvalue weighted by molar-refractivity contribution is 6.31. The van der Waals surface area contributed by atoms with Crippen molar-refractivity contribution in [2.75, 3.05) is 7.05 Å². The summed E-state index contributed by atoms with van der Waals surface area (Å²) in [5.74, 6) is 0. The lowest BCUT2D eigenvalue weighted by Gasteiger charge is -2.16. The van der Waals surface area contributed by atoms with Gasteiger partial charge in [-0.3, -0.25) is 9.36 Å². The first-order chi connectivity index (χ1) is 9.47. The maximum Gasteiger partial charge on any atom is 0.0847 e. The largest absolute Gasteiger partial charge is 0.313 e. The van der Waals surface area contributed by atoms with Gasteiger partial charge in [-0.05, 0) is 20.4 Å². The van der Waals surface area contributed by atoms with E-state index >= 15 is 0 Å². The summed E-state index contributed by atoms with van der Waals surface area (Å²) in [5.41, 5.74) is 4.28. The summed E-state index contributed by atoms with van der Waals surface area (Å²) in [6.45, 7) is 4.06. The van der Waals surface area contributed by atoms with E-state index in [2.05, 4.69) is 28.6 Å². The van der Waals surface area contributed by atoms with Crippen molar-refractivity contribution in [1.29, 1.82) is 0 Å². The average molecular weight is 296 g/mol. The average Bonchev–Trinajstić information content (AvgIpc) is 2.89. The number of aromatic nitrogens is 4. The van der Waals surface area contributed by atoms with Crippen LogP contribution in [0.2, 0.25) is 5.02 Å². The molecule has 1 unspecified atom stereocenters. The summed E-state index contributed by atoms with van der Waals surface area (Å²) in [4.78, 5) is 0. The molecule has 0 bridgehead atoms. The Labute approximate surface area is 124 Å². The Balaban J connectivity index is 2.33. The van der Waals surface area contributed by atoms with Gasteiger partial charge in [0.15, 0.2) is 0 Å². The van der Waals surface area contributed by atoms with E-state index < -0.39 is 0 Å². The highest BCUT2D eigenvalue weighted by Crippen LogP contribution is 2.26. The summed E-state index contributed by atoms with van der Waals surface area (Å²) in [6.07, 6.45) is 3.80. The van der Waals surface area contributed by atoms with E-state index in [4.69, 9.17) is 11.6 Å². The number of nitrogens with zero attached hydrogens (tertiary/aromatic N) is 4. The van der Waals surface area contributed by atoms with Gasteiger partial charge in [0.2, 0.25) is 0 Å². The van der Waals surface area contributed by atoms with E-state index in [1.807, 2.05) is 37.4 Å². The number of hydrogen-bond donors (Lipinski definition) is 1. The van der Waals surface area contributed by atoms with Crippen LogP contribution in [0.25, 0.3) is 0 Å². The summed E-state index contributed by atoms with van der Waals surface area (Å²) in [5, 5.41) is 13.0.